The van der Waals surface area contributed by atoms with Gasteiger partial charge in [-0.15, -0.1) is 0 Å². The number of sulfonamides is 2. The monoisotopic (exact) mass is 1100 g/mol. The minimum absolute atomic E-state index is 0.00712. The Morgan fingerprint density at radius 3 is 1.60 bits per heavy atom. The van der Waals surface area contributed by atoms with Crippen molar-refractivity contribution in [2.75, 3.05) is 20.2 Å². The third-order valence-corrected chi connectivity index (χ3v) is 19.8. The second-order valence-electron chi connectivity index (χ2n) is 21.5. The molecule has 2 aliphatic rings. The molecule has 4 heterocycles. The summed E-state index contributed by atoms with van der Waals surface area (Å²) in [5, 5.41) is 1.44. The van der Waals surface area contributed by atoms with Crippen molar-refractivity contribution in [1.29, 1.82) is 0 Å². The number of imide groups is 1. The molecule has 78 heavy (non-hydrogen) atoms. The zero-order valence-electron chi connectivity index (χ0n) is 44.7. The van der Waals surface area contributed by atoms with Crippen molar-refractivity contribution in [3.8, 4) is 0 Å². The molecule has 10 rings (SSSR count). The maximum Gasteiger partial charge on any atom is 0.261 e. The van der Waals surface area contributed by atoms with Crippen LogP contribution >= 0.6 is 0 Å². The summed E-state index contributed by atoms with van der Waals surface area (Å²) in [6.07, 6.45) is 1.51. The van der Waals surface area contributed by atoms with Crippen LogP contribution in [0.15, 0.2) is 180 Å². The van der Waals surface area contributed by atoms with Crippen LogP contribution in [0.1, 0.15) is 33.4 Å². The number of nitrogens with zero attached hydrogens (tertiary/aromatic N) is 4. The summed E-state index contributed by atoms with van der Waals surface area (Å²) >= 11 is 0. The summed E-state index contributed by atoms with van der Waals surface area (Å²) in [5.41, 5.74) is 6.36. The fraction of sp³-hybridized carbons (Fsp3) is 0.279. The molecule has 4 atom stereocenters. The lowest BCUT2D eigenvalue weighted by Crippen LogP contribution is -2.68. The molecule has 0 bridgehead atoms. The molecule has 1 saturated heterocycles. The van der Waals surface area contributed by atoms with Gasteiger partial charge in [0.15, 0.2) is 0 Å². The lowest BCUT2D eigenvalue weighted by atomic mass is 9.93. The molecule has 1 N–H and O–H groups in total. The zero-order chi connectivity index (χ0) is 54.9. The van der Waals surface area contributed by atoms with Gasteiger partial charge in [0.05, 0.1) is 51.8 Å². The number of piperidine rings is 1. The summed E-state index contributed by atoms with van der Waals surface area (Å²) in [7, 11) is -8.63. The maximum atomic E-state index is 15.6. The molecule has 0 saturated carbocycles. The number of para-hydroxylation sites is 2. The summed E-state index contributed by atoms with van der Waals surface area (Å²) in [6.45, 7) is 11.2. The molecule has 17 heteroatoms. The van der Waals surface area contributed by atoms with E-state index in [0.29, 0.717) is 28.6 Å². The van der Waals surface area contributed by atoms with Crippen LogP contribution < -0.4 is 4.72 Å². The molecule has 1 fully saturated rings. The first kappa shape index (κ1) is 54.5. The molecule has 0 aliphatic carbocycles. The highest BCUT2D eigenvalue weighted by molar-refractivity contribution is 7.89. The highest BCUT2D eigenvalue weighted by Crippen LogP contribution is 2.42. The van der Waals surface area contributed by atoms with Crippen molar-refractivity contribution in [1.82, 2.24) is 23.1 Å². The lowest BCUT2D eigenvalue weighted by molar-refractivity contribution is -0.142. The quantitative estimate of drug-likeness (QED) is 0.0446. The fourth-order valence-electron chi connectivity index (χ4n) is 10.4. The van der Waals surface area contributed by atoms with Crippen LogP contribution in [0.4, 0.5) is 0 Å². The molecule has 0 spiro atoms. The third kappa shape index (κ3) is 11.4. The second-order valence-corrected chi connectivity index (χ2v) is 30.8. The number of aryl methyl sites for hydroxylation is 2. The molecule has 2 aromatic heterocycles. The van der Waals surface area contributed by atoms with Gasteiger partial charge in [-0.3, -0.25) is 14.5 Å². The Morgan fingerprint density at radius 1 is 0.590 bits per heavy atom. The number of fused-ring (bicyclic) bond motifs is 2. The first-order valence-electron chi connectivity index (χ1n) is 26.2. The Morgan fingerprint density at radius 2 is 1.06 bits per heavy atom. The highest BCUT2D eigenvalue weighted by atomic mass is 32.2. The number of likely N-dealkylation sites (N-methyl/N-ethyl adjacent to an activating group) is 1. The number of amides is 2. The summed E-state index contributed by atoms with van der Waals surface area (Å²) < 4.78 is 88.6. The van der Waals surface area contributed by atoms with Gasteiger partial charge in [-0.2, -0.15) is 4.31 Å². The average molecular weight is 1100 g/mol. The van der Waals surface area contributed by atoms with Gasteiger partial charge in [0, 0.05) is 74.6 Å². The average Bonchev–Trinajstić information content (AvgIpc) is 4.24. The number of hydrogen-bond acceptors (Lipinski definition) is 9. The van der Waals surface area contributed by atoms with E-state index in [2.05, 4.69) is 24.4 Å². The molecule has 0 radical (unpaired) electrons. The molecular formula is C61H65N5O9S2Si. The first-order chi connectivity index (χ1) is 37.4. The van der Waals surface area contributed by atoms with Crippen LogP contribution in [0.25, 0.3) is 33.0 Å². The lowest BCUT2D eigenvalue weighted by Gasteiger charge is -2.48. The van der Waals surface area contributed by atoms with Crippen molar-refractivity contribution in [2.45, 2.75) is 100 Å². The van der Waals surface area contributed by atoms with E-state index in [1.807, 2.05) is 145 Å². The highest BCUT2D eigenvalue weighted by Gasteiger charge is 2.51. The molecular weight excluding hydrogens is 1040 g/mol. The van der Waals surface area contributed by atoms with Crippen molar-refractivity contribution in [3.63, 3.8) is 0 Å². The number of nitrogens with one attached hydrogen (secondary N) is 1. The smallest absolute Gasteiger partial charge is 0.261 e. The van der Waals surface area contributed by atoms with Crippen LogP contribution in [0, 0.1) is 13.8 Å². The SMILES string of the molecule is Cc1ccc(S(=O)(=O)N[C@H]2CN(S(=O)(=O)c3ccc(C)cc3)[C@@H](Cn3cc(C4=C(c5cn(COCC[Si](C)(C)C)c6ccccc56)C(=O)N(C)C4=O)c4ccccc43)[C@@H](OCc3ccccc3)[C@@H]2OCc2ccccc2)cc1. The normalized spacial score (nSPS) is 18.7. The molecule has 14 nitrogen and oxygen atoms in total. The molecule has 404 valence electrons. The van der Waals surface area contributed by atoms with Gasteiger partial charge in [-0.05, 0) is 67.4 Å². The number of rotatable bonds is 20. The van der Waals surface area contributed by atoms with E-state index in [-0.39, 0.29) is 54.0 Å². The van der Waals surface area contributed by atoms with E-state index in [0.717, 1.165) is 44.1 Å². The number of carbonyl (C=O) groups is 2. The Labute approximate surface area is 458 Å². The van der Waals surface area contributed by atoms with E-state index in [1.165, 1.54) is 23.5 Å². The van der Waals surface area contributed by atoms with Gasteiger partial charge < -0.3 is 23.3 Å². The van der Waals surface area contributed by atoms with Gasteiger partial charge in [-0.1, -0.05) is 152 Å². The summed E-state index contributed by atoms with van der Waals surface area (Å²) in [4.78, 5) is 30.5. The third-order valence-electron chi connectivity index (χ3n) is 14.7. The van der Waals surface area contributed by atoms with Crippen LogP contribution in [-0.4, -0.2) is 99.6 Å². The number of benzene rings is 6. The predicted octanol–water partition coefficient (Wildman–Crippen LogP) is 10.0. The minimum atomic E-state index is -4.45. The first-order valence-corrected chi connectivity index (χ1v) is 32.8. The number of hydrogen-bond donors (Lipinski definition) is 1. The van der Waals surface area contributed by atoms with E-state index < -0.39 is 64.2 Å². The van der Waals surface area contributed by atoms with Gasteiger partial charge in [0.1, 0.15) is 18.9 Å². The van der Waals surface area contributed by atoms with Crippen LogP contribution in [0.3, 0.4) is 0 Å². The number of aromatic nitrogens is 2. The van der Waals surface area contributed by atoms with Gasteiger partial charge in [0.2, 0.25) is 20.0 Å². The second kappa shape index (κ2) is 22.5. The summed E-state index contributed by atoms with van der Waals surface area (Å²) in [6, 6.07) is 46.0. The zero-order valence-corrected chi connectivity index (χ0v) is 47.3. The van der Waals surface area contributed by atoms with E-state index >= 15 is 8.42 Å². The van der Waals surface area contributed by atoms with E-state index in [9.17, 15) is 18.0 Å². The van der Waals surface area contributed by atoms with Crippen LogP contribution in [0.2, 0.25) is 25.7 Å². The topological polar surface area (TPSA) is 158 Å². The number of ether oxygens (including phenoxy) is 3. The van der Waals surface area contributed by atoms with E-state index in [1.54, 1.807) is 36.4 Å². The largest absolute Gasteiger partial charge is 0.369 e. The van der Waals surface area contributed by atoms with Crippen LogP contribution in [0.5, 0.6) is 0 Å². The molecule has 8 aromatic rings. The van der Waals surface area contributed by atoms with Gasteiger partial charge >= 0.3 is 0 Å². The van der Waals surface area contributed by atoms with Crippen LogP contribution in [-0.2, 0) is 70.3 Å². The Balaban J connectivity index is 1.14. The fourth-order valence-corrected chi connectivity index (χ4v) is 14.1. The Kier molecular flexibility index (Phi) is 15.7. The van der Waals surface area contributed by atoms with Crippen molar-refractivity contribution < 1.29 is 40.6 Å². The van der Waals surface area contributed by atoms with Gasteiger partial charge in [-0.25, -0.2) is 21.6 Å². The predicted molar refractivity (Wildman–Crippen MR) is 307 cm³/mol. The minimum Gasteiger partial charge on any atom is -0.369 e. The van der Waals surface area contributed by atoms with Crippen molar-refractivity contribution >= 4 is 72.9 Å². The molecule has 2 aliphatic heterocycles. The van der Waals surface area contributed by atoms with Crippen molar-refractivity contribution in [3.05, 3.63) is 203 Å². The standard InChI is InChI=1S/C61H65N5O9S2Si/c1-42-25-29-46(30-26-42)76(69,70)62-52-37-66(77(71,72)47-31-27-43(2)28-32-47)55(59(75-40-45-19-11-8-12-20-45)58(52)74-39-44-17-9-7-10-18-44)38-64-35-50(48-21-13-15-23-53(48)64)56-57(61(68)63(3)60(56)67)51-36-65(41-73-33-34-78(4,5)6)54-24-16-14-22-49(51)54/h7-32,35-36,52,55,58-59,62H,33-34,37-41H2,1-6H3/t52-,55-,58+,59+/m0/s1. The molecule has 0 unspecified atom stereocenters. The van der Waals surface area contributed by atoms with E-state index in [4.69, 9.17) is 14.2 Å². The molecule has 6 aromatic carbocycles. The Bertz CT molecular complexity index is 3750. The number of carbonyl (C=O) groups excluding carboxylic acids is 2. The Hall–Kier alpha value is -6.80. The van der Waals surface area contributed by atoms with Crippen molar-refractivity contribution in [2.24, 2.45) is 0 Å². The molecule has 2 amide bonds. The maximum absolute atomic E-state index is 15.6. The summed E-state index contributed by atoms with van der Waals surface area (Å²) in [5.74, 6) is -0.937. The van der Waals surface area contributed by atoms with Gasteiger partial charge in [0.25, 0.3) is 11.8 Å².